The van der Waals surface area contributed by atoms with Gasteiger partial charge in [0.2, 0.25) is 11.2 Å². The Morgan fingerprint density at radius 2 is 1.79 bits per heavy atom. The Hall–Kier alpha value is -2.89. The third-order valence-corrected chi connectivity index (χ3v) is 4.90. The van der Waals surface area contributed by atoms with E-state index in [-0.39, 0.29) is 39.4 Å². The number of fused-ring (bicyclic) bond motifs is 4. The summed E-state index contributed by atoms with van der Waals surface area (Å²) in [6.45, 7) is 5.75. The third-order valence-electron chi connectivity index (χ3n) is 4.90. The SMILES string of the molecule is CC1c2c(cc(O)c3c(=O)c4ccc(O)c(O)c4oc23)OC1(C)C. The lowest BCUT2D eigenvalue weighted by molar-refractivity contribution is 0.115. The zero-order valence-corrected chi connectivity index (χ0v) is 13.4. The number of phenols is 3. The molecule has 0 saturated carbocycles. The second-order valence-corrected chi connectivity index (χ2v) is 6.68. The summed E-state index contributed by atoms with van der Waals surface area (Å²) in [5.41, 5.74) is -0.288. The molecule has 24 heavy (non-hydrogen) atoms. The Morgan fingerprint density at radius 3 is 2.50 bits per heavy atom. The first kappa shape index (κ1) is 14.7. The molecule has 0 bridgehead atoms. The Kier molecular flexibility index (Phi) is 2.66. The van der Waals surface area contributed by atoms with Gasteiger partial charge in [0.15, 0.2) is 11.3 Å². The van der Waals surface area contributed by atoms with Crippen LogP contribution in [0.25, 0.3) is 21.9 Å². The molecule has 0 amide bonds. The normalized spacial score (nSPS) is 18.7. The zero-order chi connectivity index (χ0) is 17.4. The van der Waals surface area contributed by atoms with Gasteiger partial charge in [0.1, 0.15) is 28.1 Å². The standard InChI is InChI=1S/C18H16O6/c1-7-12-11(24-18(7,2)3)6-10(20)13-14(21)8-4-5-9(19)15(22)16(8)23-17(12)13/h4-7,19-20,22H,1-3H3. The Bertz CT molecular complexity index is 1080. The van der Waals surface area contributed by atoms with Crippen LogP contribution in [0, 0.1) is 0 Å². The molecule has 6 heteroatoms. The van der Waals surface area contributed by atoms with Crippen molar-refractivity contribution in [3.05, 3.63) is 34.0 Å². The molecule has 0 spiro atoms. The number of ether oxygens (including phenoxy) is 1. The van der Waals surface area contributed by atoms with Crippen LogP contribution in [-0.4, -0.2) is 20.9 Å². The minimum absolute atomic E-state index is 0.0412. The number of phenolic OH excluding ortho intramolecular Hbond substituents is 3. The molecule has 0 saturated heterocycles. The van der Waals surface area contributed by atoms with Gasteiger partial charge in [-0.2, -0.15) is 0 Å². The molecule has 4 rings (SSSR count). The summed E-state index contributed by atoms with van der Waals surface area (Å²) in [5.74, 6) is -0.784. The van der Waals surface area contributed by atoms with Crippen LogP contribution in [-0.2, 0) is 0 Å². The molecule has 3 N–H and O–H groups in total. The molecule has 1 aliphatic heterocycles. The third kappa shape index (κ3) is 1.68. The largest absolute Gasteiger partial charge is 0.507 e. The molecule has 2 aromatic carbocycles. The van der Waals surface area contributed by atoms with Crippen molar-refractivity contribution >= 4 is 21.9 Å². The van der Waals surface area contributed by atoms with Crippen LogP contribution in [0.5, 0.6) is 23.0 Å². The van der Waals surface area contributed by atoms with Gasteiger partial charge in [-0.25, -0.2) is 0 Å². The molecule has 2 heterocycles. The van der Waals surface area contributed by atoms with Gasteiger partial charge in [0.25, 0.3) is 0 Å². The van der Waals surface area contributed by atoms with E-state index >= 15 is 0 Å². The maximum atomic E-state index is 12.8. The van der Waals surface area contributed by atoms with Gasteiger partial charge in [-0.15, -0.1) is 0 Å². The summed E-state index contributed by atoms with van der Waals surface area (Å²) in [4.78, 5) is 12.8. The average Bonchev–Trinajstić information content (AvgIpc) is 2.73. The lowest BCUT2D eigenvalue weighted by Gasteiger charge is -2.22. The zero-order valence-electron chi connectivity index (χ0n) is 13.4. The molecule has 0 fully saturated rings. The first-order chi connectivity index (χ1) is 11.2. The number of hydrogen-bond donors (Lipinski definition) is 3. The minimum atomic E-state index is -0.530. The van der Waals surface area contributed by atoms with Gasteiger partial charge < -0.3 is 24.5 Å². The van der Waals surface area contributed by atoms with Crippen molar-refractivity contribution < 1.29 is 24.5 Å². The average molecular weight is 328 g/mol. The molecule has 3 aromatic rings. The predicted molar refractivity (Wildman–Crippen MR) is 88.1 cm³/mol. The molecule has 1 aliphatic rings. The van der Waals surface area contributed by atoms with E-state index in [1.54, 1.807) is 0 Å². The van der Waals surface area contributed by atoms with Gasteiger partial charge in [-0.05, 0) is 26.0 Å². The molecule has 0 aliphatic carbocycles. The van der Waals surface area contributed by atoms with Gasteiger partial charge in [-0.3, -0.25) is 4.79 Å². The molecule has 1 atom stereocenters. The van der Waals surface area contributed by atoms with Crippen LogP contribution in [0.2, 0.25) is 0 Å². The topological polar surface area (TPSA) is 100 Å². The van der Waals surface area contributed by atoms with Crippen molar-refractivity contribution in [3.63, 3.8) is 0 Å². The van der Waals surface area contributed by atoms with Crippen molar-refractivity contribution in [2.24, 2.45) is 0 Å². The van der Waals surface area contributed by atoms with Crippen LogP contribution in [0.3, 0.4) is 0 Å². The van der Waals surface area contributed by atoms with Crippen molar-refractivity contribution in [1.82, 2.24) is 0 Å². The fourth-order valence-corrected chi connectivity index (χ4v) is 3.26. The summed E-state index contributed by atoms with van der Waals surface area (Å²) in [6, 6.07) is 3.98. The Labute approximate surface area is 136 Å². The molecule has 1 unspecified atom stereocenters. The van der Waals surface area contributed by atoms with Gasteiger partial charge in [0.05, 0.1) is 5.39 Å². The lowest BCUT2D eigenvalue weighted by Crippen LogP contribution is -2.28. The van der Waals surface area contributed by atoms with Crippen molar-refractivity contribution in [1.29, 1.82) is 0 Å². The van der Waals surface area contributed by atoms with Crippen LogP contribution < -0.4 is 10.2 Å². The second-order valence-electron chi connectivity index (χ2n) is 6.68. The summed E-state index contributed by atoms with van der Waals surface area (Å²) in [5, 5.41) is 30.2. The van der Waals surface area contributed by atoms with Crippen LogP contribution in [0.4, 0.5) is 0 Å². The first-order valence-electron chi connectivity index (χ1n) is 7.58. The quantitative estimate of drug-likeness (QED) is 0.432. The summed E-state index contributed by atoms with van der Waals surface area (Å²) in [6.07, 6.45) is 0. The maximum absolute atomic E-state index is 12.8. The highest BCUT2D eigenvalue weighted by Gasteiger charge is 2.41. The van der Waals surface area contributed by atoms with Crippen LogP contribution in [0.15, 0.2) is 27.4 Å². The van der Waals surface area contributed by atoms with Crippen molar-refractivity contribution in [2.45, 2.75) is 32.3 Å². The maximum Gasteiger partial charge on any atom is 0.204 e. The number of benzene rings is 2. The molecule has 6 nitrogen and oxygen atoms in total. The van der Waals surface area contributed by atoms with Gasteiger partial charge >= 0.3 is 0 Å². The van der Waals surface area contributed by atoms with Gasteiger partial charge in [-0.1, -0.05) is 6.92 Å². The molecule has 1 aromatic heterocycles. The first-order valence-corrected chi connectivity index (χ1v) is 7.58. The van der Waals surface area contributed by atoms with E-state index in [9.17, 15) is 20.1 Å². The van der Waals surface area contributed by atoms with Crippen LogP contribution >= 0.6 is 0 Å². The number of aromatic hydroxyl groups is 3. The fourth-order valence-electron chi connectivity index (χ4n) is 3.26. The predicted octanol–water partition coefficient (Wildman–Crippen LogP) is 3.34. The van der Waals surface area contributed by atoms with E-state index in [0.29, 0.717) is 11.3 Å². The number of rotatable bonds is 0. The van der Waals surface area contributed by atoms with Crippen LogP contribution in [0.1, 0.15) is 32.3 Å². The highest BCUT2D eigenvalue weighted by atomic mass is 16.5. The smallest absolute Gasteiger partial charge is 0.204 e. The second kappa shape index (κ2) is 4.35. The van der Waals surface area contributed by atoms with E-state index in [4.69, 9.17) is 9.15 Å². The highest BCUT2D eigenvalue weighted by molar-refractivity contribution is 5.98. The molecular weight excluding hydrogens is 312 g/mol. The highest BCUT2D eigenvalue weighted by Crippen LogP contribution is 2.50. The van der Waals surface area contributed by atoms with Crippen molar-refractivity contribution in [2.75, 3.05) is 0 Å². The van der Waals surface area contributed by atoms with E-state index in [1.807, 2.05) is 20.8 Å². The Morgan fingerprint density at radius 1 is 1.08 bits per heavy atom. The van der Waals surface area contributed by atoms with Crippen molar-refractivity contribution in [3.8, 4) is 23.0 Å². The summed E-state index contributed by atoms with van der Waals surface area (Å²) in [7, 11) is 0. The van der Waals surface area contributed by atoms with E-state index in [1.165, 1.54) is 18.2 Å². The van der Waals surface area contributed by atoms with E-state index < -0.39 is 16.8 Å². The Balaban J connectivity index is 2.25. The fraction of sp³-hybridized carbons (Fsp3) is 0.278. The minimum Gasteiger partial charge on any atom is -0.507 e. The monoisotopic (exact) mass is 328 g/mol. The molecular formula is C18H16O6. The van der Waals surface area contributed by atoms with Gasteiger partial charge in [0, 0.05) is 17.5 Å². The lowest BCUT2D eigenvalue weighted by atomic mass is 9.87. The number of hydrogen-bond acceptors (Lipinski definition) is 6. The summed E-state index contributed by atoms with van der Waals surface area (Å²) < 4.78 is 11.6. The summed E-state index contributed by atoms with van der Waals surface area (Å²) >= 11 is 0. The van der Waals surface area contributed by atoms with E-state index in [2.05, 4.69) is 0 Å². The molecule has 0 radical (unpaired) electrons. The molecule has 124 valence electrons. The van der Waals surface area contributed by atoms with E-state index in [0.717, 1.165) is 0 Å².